The Morgan fingerprint density at radius 1 is 1.04 bits per heavy atom. The molecule has 0 saturated heterocycles. The highest BCUT2D eigenvalue weighted by atomic mass is 35.5. The molecule has 0 saturated carbocycles. The second-order valence-corrected chi connectivity index (χ2v) is 6.94. The van der Waals surface area contributed by atoms with Crippen molar-refractivity contribution in [1.29, 1.82) is 0 Å². The second-order valence-electron chi connectivity index (χ2n) is 6.51. The summed E-state index contributed by atoms with van der Waals surface area (Å²) in [5.74, 6) is 0.284. The molecule has 0 bridgehead atoms. The van der Waals surface area contributed by atoms with Gasteiger partial charge in [-0.05, 0) is 61.1 Å². The predicted octanol–water partition coefficient (Wildman–Crippen LogP) is 4.83. The van der Waals surface area contributed by atoms with E-state index in [0.29, 0.717) is 22.0 Å². The van der Waals surface area contributed by atoms with Gasteiger partial charge in [0.15, 0.2) is 5.78 Å². The lowest BCUT2D eigenvalue weighted by atomic mass is 9.89. The number of halogens is 1. The van der Waals surface area contributed by atoms with Crippen LogP contribution in [0, 0.1) is 0 Å². The van der Waals surface area contributed by atoms with E-state index in [1.165, 1.54) is 31.1 Å². The van der Waals surface area contributed by atoms with Gasteiger partial charge in [-0.1, -0.05) is 23.7 Å². The zero-order valence-corrected chi connectivity index (χ0v) is 15.6. The van der Waals surface area contributed by atoms with Crippen molar-refractivity contribution >= 4 is 29.0 Å². The van der Waals surface area contributed by atoms with Crippen molar-refractivity contribution in [2.24, 2.45) is 0 Å². The summed E-state index contributed by atoms with van der Waals surface area (Å²) in [6, 6.07) is 10.9. The minimum absolute atomic E-state index is 0.00779. The van der Waals surface area contributed by atoms with E-state index in [4.69, 9.17) is 16.3 Å². The van der Waals surface area contributed by atoms with E-state index in [1.54, 1.807) is 18.2 Å². The summed E-state index contributed by atoms with van der Waals surface area (Å²) in [4.78, 5) is 24.6. The summed E-state index contributed by atoms with van der Waals surface area (Å²) in [5.41, 5.74) is 3.82. The summed E-state index contributed by atoms with van der Waals surface area (Å²) in [6.45, 7) is 0. The number of ketones is 1. The summed E-state index contributed by atoms with van der Waals surface area (Å²) in [7, 11) is 1.53. The molecular weight excluding hydrogens is 350 g/mol. The number of aryl methyl sites for hydroxylation is 2. The fourth-order valence-corrected chi connectivity index (χ4v) is 3.44. The van der Waals surface area contributed by atoms with Gasteiger partial charge in [0, 0.05) is 23.4 Å². The summed E-state index contributed by atoms with van der Waals surface area (Å²) in [6.07, 6.45) is 4.81. The molecule has 3 rings (SSSR count). The Hall–Kier alpha value is -2.33. The monoisotopic (exact) mass is 371 g/mol. The molecular formula is C21H22ClNO3. The summed E-state index contributed by atoms with van der Waals surface area (Å²) in [5, 5.41) is 3.26. The van der Waals surface area contributed by atoms with Crippen molar-refractivity contribution < 1.29 is 14.3 Å². The highest BCUT2D eigenvalue weighted by molar-refractivity contribution is 6.31. The molecule has 5 heteroatoms. The maximum Gasteiger partial charge on any atom is 0.224 e. The molecule has 0 unspecified atom stereocenters. The van der Waals surface area contributed by atoms with Gasteiger partial charge in [-0.3, -0.25) is 9.59 Å². The Morgan fingerprint density at radius 2 is 1.81 bits per heavy atom. The molecule has 1 aliphatic carbocycles. The van der Waals surface area contributed by atoms with E-state index in [1.807, 2.05) is 12.1 Å². The smallest absolute Gasteiger partial charge is 0.224 e. The molecule has 0 heterocycles. The number of ether oxygens (including phenoxy) is 1. The predicted molar refractivity (Wildman–Crippen MR) is 103 cm³/mol. The van der Waals surface area contributed by atoms with Crippen molar-refractivity contribution in [3.63, 3.8) is 0 Å². The Labute approximate surface area is 158 Å². The molecule has 0 spiro atoms. The maximum absolute atomic E-state index is 12.4. The van der Waals surface area contributed by atoms with Gasteiger partial charge in [0.2, 0.25) is 5.91 Å². The fraction of sp³-hybridized carbons (Fsp3) is 0.333. The van der Waals surface area contributed by atoms with Gasteiger partial charge >= 0.3 is 0 Å². The number of Topliss-reactive ketones (excluding diaryl/α,β-unsaturated/α-hetero) is 1. The first-order chi connectivity index (χ1) is 12.6. The average Bonchev–Trinajstić information content (AvgIpc) is 2.66. The van der Waals surface area contributed by atoms with Gasteiger partial charge in [0.05, 0.1) is 12.8 Å². The van der Waals surface area contributed by atoms with Gasteiger partial charge in [0.1, 0.15) is 5.75 Å². The van der Waals surface area contributed by atoms with Crippen LogP contribution in [-0.2, 0) is 17.6 Å². The van der Waals surface area contributed by atoms with Crippen LogP contribution >= 0.6 is 11.6 Å². The van der Waals surface area contributed by atoms with E-state index >= 15 is 0 Å². The zero-order valence-electron chi connectivity index (χ0n) is 14.8. The standard InChI is InChI=1S/C21H22ClNO3/c1-26-20-10-8-17(22)13-18(20)23-21(25)11-9-19(24)16-7-6-14-4-2-3-5-15(14)12-16/h6-8,10,12-13H,2-5,9,11H2,1H3,(H,23,25). The number of amides is 1. The quantitative estimate of drug-likeness (QED) is 0.740. The van der Waals surface area contributed by atoms with E-state index in [2.05, 4.69) is 11.4 Å². The lowest BCUT2D eigenvalue weighted by Gasteiger charge is -2.16. The number of anilines is 1. The van der Waals surface area contributed by atoms with Crippen LogP contribution in [0.25, 0.3) is 0 Å². The van der Waals surface area contributed by atoms with Gasteiger partial charge in [0.25, 0.3) is 0 Å². The third-order valence-corrected chi connectivity index (χ3v) is 4.92. The molecule has 1 aliphatic rings. The molecule has 1 amide bonds. The largest absolute Gasteiger partial charge is 0.495 e. The van der Waals surface area contributed by atoms with Crippen LogP contribution in [0.1, 0.15) is 47.2 Å². The van der Waals surface area contributed by atoms with E-state index in [0.717, 1.165) is 12.8 Å². The second kappa shape index (κ2) is 8.37. The van der Waals surface area contributed by atoms with Crippen LogP contribution < -0.4 is 10.1 Å². The Balaban J connectivity index is 1.59. The van der Waals surface area contributed by atoms with Crippen molar-refractivity contribution in [2.45, 2.75) is 38.5 Å². The third-order valence-electron chi connectivity index (χ3n) is 4.69. The van der Waals surface area contributed by atoms with E-state index < -0.39 is 0 Å². The summed E-state index contributed by atoms with van der Waals surface area (Å²) >= 11 is 5.96. The van der Waals surface area contributed by atoms with Crippen LogP contribution in [0.4, 0.5) is 5.69 Å². The SMILES string of the molecule is COc1ccc(Cl)cc1NC(=O)CCC(=O)c1ccc2c(c1)CCCC2. The first-order valence-corrected chi connectivity index (χ1v) is 9.23. The number of carbonyl (C=O) groups is 2. The first-order valence-electron chi connectivity index (χ1n) is 8.85. The molecule has 26 heavy (non-hydrogen) atoms. The maximum atomic E-state index is 12.4. The van der Waals surface area contributed by atoms with Crippen LogP contribution in [0.15, 0.2) is 36.4 Å². The molecule has 0 fully saturated rings. The topological polar surface area (TPSA) is 55.4 Å². The van der Waals surface area contributed by atoms with Gasteiger partial charge < -0.3 is 10.1 Å². The highest BCUT2D eigenvalue weighted by Gasteiger charge is 2.15. The molecule has 2 aromatic rings. The molecule has 0 radical (unpaired) electrons. The number of carbonyl (C=O) groups excluding carboxylic acids is 2. The Kier molecular flexibility index (Phi) is 5.94. The van der Waals surface area contributed by atoms with Gasteiger partial charge in [-0.15, -0.1) is 0 Å². The minimum atomic E-state index is -0.239. The molecule has 136 valence electrons. The van der Waals surface area contributed by atoms with Crippen LogP contribution in [0.5, 0.6) is 5.75 Å². The molecule has 0 atom stereocenters. The minimum Gasteiger partial charge on any atom is -0.495 e. The third kappa shape index (κ3) is 4.44. The highest BCUT2D eigenvalue weighted by Crippen LogP contribution is 2.28. The molecule has 0 aromatic heterocycles. The van der Waals surface area contributed by atoms with E-state index in [9.17, 15) is 9.59 Å². The Morgan fingerprint density at radius 3 is 2.58 bits per heavy atom. The van der Waals surface area contributed by atoms with Crippen LogP contribution in [-0.4, -0.2) is 18.8 Å². The number of fused-ring (bicyclic) bond motifs is 1. The van der Waals surface area contributed by atoms with Crippen LogP contribution in [0.3, 0.4) is 0 Å². The number of hydrogen-bond donors (Lipinski definition) is 1. The lowest BCUT2D eigenvalue weighted by molar-refractivity contribution is -0.116. The first kappa shape index (κ1) is 18.5. The number of rotatable bonds is 6. The molecule has 4 nitrogen and oxygen atoms in total. The Bertz CT molecular complexity index is 832. The number of benzene rings is 2. The van der Waals surface area contributed by atoms with Crippen molar-refractivity contribution in [2.75, 3.05) is 12.4 Å². The lowest BCUT2D eigenvalue weighted by Crippen LogP contribution is -2.14. The van der Waals surface area contributed by atoms with Crippen molar-refractivity contribution in [3.05, 3.63) is 58.1 Å². The van der Waals surface area contributed by atoms with E-state index in [-0.39, 0.29) is 24.5 Å². The number of methoxy groups -OCH3 is 1. The summed E-state index contributed by atoms with van der Waals surface area (Å²) < 4.78 is 5.21. The van der Waals surface area contributed by atoms with Crippen LogP contribution in [0.2, 0.25) is 5.02 Å². The normalized spacial score (nSPS) is 13.0. The fourth-order valence-electron chi connectivity index (χ4n) is 3.27. The van der Waals surface area contributed by atoms with Crippen molar-refractivity contribution in [1.82, 2.24) is 0 Å². The molecule has 0 aliphatic heterocycles. The van der Waals surface area contributed by atoms with Crippen molar-refractivity contribution in [3.8, 4) is 5.75 Å². The molecule has 2 aromatic carbocycles. The zero-order chi connectivity index (χ0) is 18.5. The number of hydrogen-bond acceptors (Lipinski definition) is 3. The average molecular weight is 372 g/mol. The number of nitrogens with one attached hydrogen (secondary N) is 1. The van der Waals surface area contributed by atoms with Gasteiger partial charge in [-0.2, -0.15) is 0 Å². The molecule has 1 N–H and O–H groups in total. The van der Waals surface area contributed by atoms with Gasteiger partial charge in [-0.25, -0.2) is 0 Å².